The first kappa shape index (κ1) is 9.44. The minimum absolute atomic E-state index is 0.0442. The first-order valence-electron chi connectivity index (χ1n) is 5.12. The third kappa shape index (κ3) is 1.22. The van der Waals surface area contributed by atoms with Crippen LogP contribution >= 0.6 is 0 Å². The second-order valence-electron chi connectivity index (χ2n) is 4.66. The van der Waals surface area contributed by atoms with Gasteiger partial charge in [-0.3, -0.25) is 4.90 Å². The zero-order valence-corrected chi connectivity index (χ0v) is 8.55. The van der Waals surface area contributed by atoms with Crippen LogP contribution in [0.4, 0.5) is 0 Å². The van der Waals surface area contributed by atoms with Crippen molar-refractivity contribution in [1.82, 2.24) is 4.90 Å². The molecule has 1 aliphatic carbocycles. The van der Waals surface area contributed by atoms with Crippen LogP contribution in [-0.2, 0) is 4.74 Å². The molecule has 1 atom stereocenters. The van der Waals surface area contributed by atoms with Gasteiger partial charge in [-0.1, -0.05) is 0 Å². The zero-order chi connectivity index (χ0) is 9.53. The van der Waals surface area contributed by atoms with Gasteiger partial charge in [-0.05, 0) is 39.7 Å². The van der Waals surface area contributed by atoms with E-state index in [2.05, 4.69) is 18.9 Å². The number of rotatable bonds is 1. The zero-order valence-electron chi connectivity index (χ0n) is 8.55. The second-order valence-corrected chi connectivity index (χ2v) is 4.66. The van der Waals surface area contributed by atoms with E-state index in [9.17, 15) is 5.11 Å². The van der Waals surface area contributed by atoms with Crippen LogP contribution in [0.1, 0.15) is 32.6 Å². The van der Waals surface area contributed by atoms with Crippen molar-refractivity contribution < 1.29 is 9.84 Å². The lowest BCUT2D eigenvalue weighted by atomic mass is 10.0. The van der Waals surface area contributed by atoms with Crippen LogP contribution in [-0.4, -0.2) is 41.5 Å². The summed E-state index contributed by atoms with van der Waals surface area (Å²) >= 11 is 0. The molecule has 76 valence electrons. The Morgan fingerprint density at radius 1 is 1.38 bits per heavy atom. The lowest BCUT2D eigenvalue weighted by molar-refractivity contribution is -0.0751. The van der Waals surface area contributed by atoms with E-state index in [1.165, 1.54) is 12.8 Å². The van der Waals surface area contributed by atoms with Crippen LogP contribution in [0.5, 0.6) is 0 Å². The van der Waals surface area contributed by atoms with E-state index in [0.29, 0.717) is 6.61 Å². The molecule has 1 unspecified atom stereocenters. The molecule has 0 aromatic heterocycles. The van der Waals surface area contributed by atoms with Crippen molar-refractivity contribution in [2.24, 2.45) is 0 Å². The van der Waals surface area contributed by atoms with Gasteiger partial charge in [-0.15, -0.1) is 0 Å². The third-order valence-electron chi connectivity index (χ3n) is 3.80. The van der Waals surface area contributed by atoms with Gasteiger partial charge in [-0.25, -0.2) is 0 Å². The number of hydrogen-bond acceptors (Lipinski definition) is 3. The van der Waals surface area contributed by atoms with Gasteiger partial charge < -0.3 is 9.84 Å². The van der Waals surface area contributed by atoms with Crippen LogP contribution in [0.15, 0.2) is 0 Å². The molecular formula is C10H19NO2. The number of aliphatic hydroxyl groups is 1. The Morgan fingerprint density at radius 3 is 2.46 bits per heavy atom. The van der Waals surface area contributed by atoms with Crippen molar-refractivity contribution in [3.63, 3.8) is 0 Å². The molecule has 0 radical (unpaired) electrons. The molecule has 1 aliphatic heterocycles. The summed E-state index contributed by atoms with van der Waals surface area (Å²) in [5, 5.41) is 9.32. The highest BCUT2D eigenvalue weighted by Crippen LogP contribution is 2.44. The highest BCUT2D eigenvalue weighted by atomic mass is 16.5. The summed E-state index contributed by atoms with van der Waals surface area (Å²) < 4.78 is 5.89. The highest BCUT2D eigenvalue weighted by molar-refractivity contribution is 5.00. The summed E-state index contributed by atoms with van der Waals surface area (Å²) in [4.78, 5) is 2.24. The predicted octanol–water partition coefficient (Wildman–Crippen LogP) is 0.970. The number of nitrogens with zero attached hydrogens (tertiary/aromatic N) is 1. The molecule has 2 rings (SSSR count). The summed E-state index contributed by atoms with van der Waals surface area (Å²) in [5.74, 6) is 0. The summed E-state index contributed by atoms with van der Waals surface area (Å²) in [5.41, 5.74) is -0.207. The molecule has 1 heterocycles. The lowest BCUT2D eigenvalue weighted by Crippen LogP contribution is -2.51. The summed E-state index contributed by atoms with van der Waals surface area (Å²) in [6, 6.07) is 0. The van der Waals surface area contributed by atoms with E-state index in [0.717, 1.165) is 12.8 Å². The van der Waals surface area contributed by atoms with Crippen molar-refractivity contribution in [3.8, 4) is 0 Å². The molecule has 1 saturated heterocycles. The van der Waals surface area contributed by atoms with E-state index in [4.69, 9.17) is 4.74 Å². The van der Waals surface area contributed by atoms with Crippen molar-refractivity contribution in [2.75, 3.05) is 20.3 Å². The van der Waals surface area contributed by atoms with Crippen LogP contribution in [0, 0.1) is 0 Å². The molecule has 1 saturated carbocycles. The van der Waals surface area contributed by atoms with E-state index >= 15 is 0 Å². The number of hydrogen-bond donors (Lipinski definition) is 1. The fourth-order valence-electron chi connectivity index (χ4n) is 2.53. The molecule has 3 nitrogen and oxygen atoms in total. The molecule has 0 bridgehead atoms. The van der Waals surface area contributed by atoms with Gasteiger partial charge in [0.15, 0.2) is 0 Å². The molecule has 0 amide bonds. The normalized spacial score (nSPS) is 39.0. The molecule has 0 aromatic rings. The third-order valence-corrected chi connectivity index (χ3v) is 3.80. The lowest BCUT2D eigenvalue weighted by Gasteiger charge is -2.37. The van der Waals surface area contributed by atoms with Gasteiger partial charge in [0.2, 0.25) is 0 Å². The monoisotopic (exact) mass is 185 g/mol. The van der Waals surface area contributed by atoms with Crippen molar-refractivity contribution in [2.45, 2.75) is 43.9 Å². The number of likely N-dealkylation sites (N-methyl/N-ethyl adjacent to an activating group) is 1. The maximum Gasteiger partial charge on any atom is 0.122 e. The average molecular weight is 185 g/mol. The SMILES string of the molecule is CN1C(C)(CO)COC12CCCC2. The molecule has 1 N–H and O–H groups in total. The Bertz CT molecular complexity index is 201. The standard InChI is InChI=1S/C10H19NO2/c1-9(7-12)8-13-10(11(9)2)5-3-4-6-10/h12H,3-8H2,1-2H3. The second kappa shape index (κ2) is 2.94. The van der Waals surface area contributed by atoms with Crippen LogP contribution in [0.3, 0.4) is 0 Å². The van der Waals surface area contributed by atoms with E-state index in [1.54, 1.807) is 0 Å². The molecule has 2 aliphatic rings. The van der Waals surface area contributed by atoms with Gasteiger partial charge in [0, 0.05) is 0 Å². The van der Waals surface area contributed by atoms with Crippen LogP contribution in [0.25, 0.3) is 0 Å². The van der Waals surface area contributed by atoms with Crippen LogP contribution in [0.2, 0.25) is 0 Å². The average Bonchev–Trinajstić information content (AvgIpc) is 2.70. The van der Waals surface area contributed by atoms with Crippen LogP contribution < -0.4 is 0 Å². The molecule has 13 heavy (non-hydrogen) atoms. The largest absolute Gasteiger partial charge is 0.394 e. The Morgan fingerprint density at radius 2 is 2.00 bits per heavy atom. The fourth-order valence-corrected chi connectivity index (χ4v) is 2.53. The molecular weight excluding hydrogens is 166 g/mol. The number of aliphatic hydroxyl groups excluding tert-OH is 1. The van der Waals surface area contributed by atoms with Gasteiger partial charge in [0.05, 0.1) is 18.8 Å². The minimum atomic E-state index is -0.162. The summed E-state index contributed by atoms with van der Waals surface area (Å²) in [6.45, 7) is 2.92. The van der Waals surface area contributed by atoms with E-state index in [-0.39, 0.29) is 17.9 Å². The highest BCUT2D eigenvalue weighted by Gasteiger charge is 2.52. The number of ether oxygens (including phenoxy) is 1. The summed E-state index contributed by atoms with van der Waals surface area (Å²) in [6.07, 6.45) is 4.76. The maximum absolute atomic E-state index is 9.32. The molecule has 0 aromatic carbocycles. The van der Waals surface area contributed by atoms with E-state index in [1.807, 2.05) is 0 Å². The Kier molecular flexibility index (Phi) is 2.13. The first-order valence-corrected chi connectivity index (χ1v) is 5.12. The predicted molar refractivity (Wildman–Crippen MR) is 50.4 cm³/mol. The minimum Gasteiger partial charge on any atom is -0.394 e. The smallest absolute Gasteiger partial charge is 0.122 e. The first-order chi connectivity index (χ1) is 6.13. The van der Waals surface area contributed by atoms with Crippen molar-refractivity contribution in [3.05, 3.63) is 0 Å². The Balaban J connectivity index is 2.18. The van der Waals surface area contributed by atoms with Gasteiger partial charge in [-0.2, -0.15) is 0 Å². The quantitative estimate of drug-likeness (QED) is 0.660. The molecule has 2 fully saturated rings. The maximum atomic E-state index is 9.32. The molecule has 3 heteroatoms. The van der Waals surface area contributed by atoms with Crippen molar-refractivity contribution in [1.29, 1.82) is 0 Å². The Hall–Kier alpha value is -0.120. The van der Waals surface area contributed by atoms with Gasteiger partial charge in [0.25, 0.3) is 0 Å². The topological polar surface area (TPSA) is 32.7 Å². The van der Waals surface area contributed by atoms with Crippen molar-refractivity contribution >= 4 is 0 Å². The summed E-state index contributed by atoms with van der Waals surface area (Å²) in [7, 11) is 2.08. The van der Waals surface area contributed by atoms with Gasteiger partial charge in [0.1, 0.15) is 5.72 Å². The molecule has 1 spiro atoms. The Labute approximate surface area is 79.7 Å². The fraction of sp³-hybridized carbons (Fsp3) is 1.00. The van der Waals surface area contributed by atoms with Gasteiger partial charge >= 0.3 is 0 Å². The van der Waals surface area contributed by atoms with E-state index < -0.39 is 0 Å².